The number of carbonyl (C=O) groups is 1. The first kappa shape index (κ1) is 20.9. The van der Waals surface area contributed by atoms with E-state index in [0.29, 0.717) is 13.0 Å². The summed E-state index contributed by atoms with van der Waals surface area (Å²) in [6, 6.07) is 10.4. The van der Waals surface area contributed by atoms with Gasteiger partial charge in [-0.05, 0) is 24.8 Å². The van der Waals surface area contributed by atoms with E-state index in [9.17, 15) is 4.79 Å². The molecular weight excluding hydrogens is 328 g/mol. The van der Waals surface area contributed by atoms with E-state index in [-0.39, 0.29) is 30.5 Å². The number of halogens is 1. The largest absolute Gasteiger partial charge is 0.380 e. The quantitative estimate of drug-likeness (QED) is 0.774. The lowest BCUT2D eigenvalue weighted by atomic mass is 10.1. The van der Waals surface area contributed by atoms with Gasteiger partial charge < -0.3 is 20.1 Å². The number of nitrogens with zero attached hydrogens (tertiary/aromatic N) is 1. The molecule has 0 radical (unpaired) electrons. The van der Waals surface area contributed by atoms with Crippen LogP contribution >= 0.6 is 12.4 Å². The highest BCUT2D eigenvalue weighted by Crippen LogP contribution is 2.16. The summed E-state index contributed by atoms with van der Waals surface area (Å²) in [7, 11) is 1.59. The Hall–Kier alpha value is -1.14. The summed E-state index contributed by atoms with van der Waals surface area (Å²) >= 11 is 0. The standard InChI is InChI=1S/C18H28N2O3.ClH/c1-22-17(14-19)13-18(21)20-10-7-16(8-11-20)23-12-9-15-5-3-2-4-6-15;/h2-6,16-17H,7-14,19H2,1H3;1H. The van der Waals surface area contributed by atoms with Crippen molar-refractivity contribution in [3.63, 3.8) is 0 Å². The second-order valence-electron chi connectivity index (χ2n) is 5.98. The molecule has 0 aromatic heterocycles. The lowest BCUT2D eigenvalue weighted by Crippen LogP contribution is -2.43. The summed E-state index contributed by atoms with van der Waals surface area (Å²) in [5.74, 6) is 0.130. The monoisotopic (exact) mass is 356 g/mol. The molecule has 1 fully saturated rings. The number of methoxy groups -OCH3 is 1. The van der Waals surface area contributed by atoms with Gasteiger partial charge in [0.2, 0.25) is 5.91 Å². The van der Waals surface area contributed by atoms with Crippen LogP contribution in [0.4, 0.5) is 0 Å². The minimum atomic E-state index is -0.178. The molecule has 1 heterocycles. The molecule has 2 rings (SSSR count). The fraction of sp³-hybridized carbons (Fsp3) is 0.611. The number of likely N-dealkylation sites (tertiary alicyclic amines) is 1. The molecule has 5 nitrogen and oxygen atoms in total. The van der Waals surface area contributed by atoms with Crippen molar-refractivity contribution >= 4 is 18.3 Å². The molecule has 1 atom stereocenters. The fourth-order valence-electron chi connectivity index (χ4n) is 2.85. The molecule has 1 aliphatic heterocycles. The van der Waals surface area contributed by atoms with Crippen LogP contribution in [0.25, 0.3) is 0 Å². The second-order valence-corrected chi connectivity index (χ2v) is 5.98. The Balaban J connectivity index is 0.00000288. The maximum absolute atomic E-state index is 12.2. The van der Waals surface area contributed by atoms with Gasteiger partial charge in [-0.3, -0.25) is 4.79 Å². The van der Waals surface area contributed by atoms with Crippen molar-refractivity contribution in [2.45, 2.75) is 37.9 Å². The molecular formula is C18H29ClN2O3. The van der Waals surface area contributed by atoms with Crippen LogP contribution in [0.3, 0.4) is 0 Å². The van der Waals surface area contributed by atoms with Gasteiger partial charge in [0, 0.05) is 26.7 Å². The van der Waals surface area contributed by atoms with Gasteiger partial charge in [-0.2, -0.15) is 0 Å². The molecule has 6 heteroatoms. The fourth-order valence-corrected chi connectivity index (χ4v) is 2.85. The Bertz CT molecular complexity index is 461. The Labute approximate surface area is 150 Å². The minimum Gasteiger partial charge on any atom is -0.380 e. The van der Waals surface area contributed by atoms with Gasteiger partial charge in [-0.15, -0.1) is 12.4 Å². The molecule has 1 unspecified atom stereocenters. The smallest absolute Gasteiger partial charge is 0.225 e. The third-order valence-electron chi connectivity index (χ3n) is 4.38. The molecule has 1 aromatic rings. The van der Waals surface area contributed by atoms with Crippen LogP contribution in [-0.2, 0) is 20.7 Å². The molecule has 136 valence electrons. The van der Waals surface area contributed by atoms with Crippen LogP contribution in [0.2, 0.25) is 0 Å². The normalized spacial score (nSPS) is 16.5. The van der Waals surface area contributed by atoms with Crippen molar-refractivity contribution < 1.29 is 14.3 Å². The number of hydrogen-bond donors (Lipinski definition) is 1. The predicted octanol–water partition coefficient (Wildman–Crippen LogP) is 2.02. The number of ether oxygens (including phenoxy) is 2. The van der Waals surface area contributed by atoms with Gasteiger partial charge in [0.05, 0.1) is 25.2 Å². The summed E-state index contributed by atoms with van der Waals surface area (Å²) in [5, 5.41) is 0. The summed E-state index contributed by atoms with van der Waals surface area (Å²) in [4.78, 5) is 14.1. The van der Waals surface area contributed by atoms with Gasteiger partial charge in [-0.1, -0.05) is 30.3 Å². The molecule has 24 heavy (non-hydrogen) atoms. The van der Waals surface area contributed by atoms with Crippen molar-refractivity contribution in [3.05, 3.63) is 35.9 Å². The second kappa shape index (κ2) is 11.4. The first-order valence-electron chi connectivity index (χ1n) is 8.39. The van der Waals surface area contributed by atoms with E-state index in [0.717, 1.165) is 39.0 Å². The van der Waals surface area contributed by atoms with E-state index in [1.54, 1.807) is 7.11 Å². The Morgan fingerprint density at radius 1 is 1.29 bits per heavy atom. The van der Waals surface area contributed by atoms with Gasteiger partial charge in [0.1, 0.15) is 0 Å². The van der Waals surface area contributed by atoms with Crippen LogP contribution in [0, 0.1) is 0 Å². The molecule has 0 aliphatic carbocycles. The van der Waals surface area contributed by atoms with Crippen LogP contribution in [-0.4, -0.2) is 56.4 Å². The number of carbonyl (C=O) groups excluding carboxylic acids is 1. The molecule has 0 bridgehead atoms. The van der Waals surface area contributed by atoms with Crippen molar-refractivity contribution in [3.8, 4) is 0 Å². The van der Waals surface area contributed by atoms with Gasteiger partial charge in [0.25, 0.3) is 0 Å². The van der Waals surface area contributed by atoms with Gasteiger partial charge in [0.15, 0.2) is 0 Å². The first-order chi connectivity index (χ1) is 11.2. The summed E-state index contributed by atoms with van der Waals surface area (Å²) in [6.07, 6.45) is 3.19. The third kappa shape index (κ3) is 6.77. The Kier molecular flexibility index (Phi) is 9.95. The van der Waals surface area contributed by atoms with Crippen molar-refractivity contribution in [2.24, 2.45) is 5.73 Å². The number of nitrogens with two attached hydrogens (primary N) is 1. The molecule has 1 aromatic carbocycles. The maximum atomic E-state index is 12.2. The number of hydrogen-bond acceptors (Lipinski definition) is 4. The van der Waals surface area contributed by atoms with E-state index < -0.39 is 0 Å². The van der Waals surface area contributed by atoms with Crippen molar-refractivity contribution in [2.75, 3.05) is 33.4 Å². The van der Waals surface area contributed by atoms with Crippen LogP contribution in [0.1, 0.15) is 24.8 Å². The number of piperidine rings is 1. The lowest BCUT2D eigenvalue weighted by Gasteiger charge is -2.32. The third-order valence-corrected chi connectivity index (χ3v) is 4.38. The molecule has 1 aliphatic rings. The van der Waals surface area contributed by atoms with Crippen molar-refractivity contribution in [1.29, 1.82) is 0 Å². The highest BCUT2D eigenvalue weighted by atomic mass is 35.5. The SMILES string of the molecule is COC(CN)CC(=O)N1CCC(OCCc2ccccc2)CC1.Cl. The maximum Gasteiger partial charge on any atom is 0.225 e. The molecule has 1 saturated heterocycles. The Morgan fingerprint density at radius 2 is 1.96 bits per heavy atom. The molecule has 1 amide bonds. The number of benzene rings is 1. The van der Waals surface area contributed by atoms with E-state index >= 15 is 0 Å². The van der Waals surface area contributed by atoms with E-state index in [2.05, 4.69) is 12.1 Å². The van der Waals surface area contributed by atoms with Crippen LogP contribution in [0.15, 0.2) is 30.3 Å². The summed E-state index contributed by atoms with van der Waals surface area (Å²) in [5.41, 5.74) is 6.87. The highest BCUT2D eigenvalue weighted by molar-refractivity contribution is 5.85. The first-order valence-corrected chi connectivity index (χ1v) is 8.39. The minimum absolute atomic E-state index is 0. The number of amides is 1. The zero-order valence-corrected chi connectivity index (χ0v) is 15.2. The topological polar surface area (TPSA) is 64.8 Å². The molecule has 0 spiro atoms. The average Bonchev–Trinajstić information content (AvgIpc) is 2.61. The number of rotatable bonds is 8. The van der Waals surface area contributed by atoms with Crippen molar-refractivity contribution in [1.82, 2.24) is 4.90 Å². The van der Waals surface area contributed by atoms with E-state index in [4.69, 9.17) is 15.2 Å². The summed E-state index contributed by atoms with van der Waals surface area (Å²) in [6.45, 7) is 2.63. The predicted molar refractivity (Wildman–Crippen MR) is 97.4 cm³/mol. The highest BCUT2D eigenvalue weighted by Gasteiger charge is 2.24. The lowest BCUT2D eigenvalue weighted by molar-refractivity contribution is -0.136. The Morgan fingerprint density at radius 3 is 2.54 bits per heavy atom. The van der Waals surface area contributed by atoms with E-state index in [1.807, 2.05) is 23.1 Å². The molecule has 2 N–H and O–H groups in total. The summed E-state index contributed by atoms with van der Waals surface area (Å²) < 4.78 is 11.1. The van der Waals surface area contributed by atoms with E-state index in [1.165, 1.54) is 5.56 Å². The molecule has 0 saturated carbocycles. The zero-order chi connectivity index (χ0) is 16.5. The average molecular weight is 357 g/mol. The van der Waals surface area contributed by atoms with Gasteiger partial charge >= 0.3 is 0 Å². The zero-order valence-electron chi connectivity index (χ0n) is 14.4. The van der Waals surface area contributed by atoms with Gasteiger partial charge in [-0.25, -0.2) is 0 Å². The van der Waals surface area contributed by atoms with Crippen LogP contribution in [0.5, 0.6) is 0 Å². The van der Waals surface area contributed by atoms with Crippen LogP contribution < -0.4 is 5.73 Å².